The van der Waals surface area contributed by atoms with Gasteiger partial charge in [-0.1, -0.05) is 18.2 Å². The maximum absolute atomic E-state index is 11.6. The van der Waals surface area contributed by atoms with Gasteiger partial charge >= 0.3 is 5.97 Å². The van der Waals surface area contributed by atoms with Crippen LogP contribution in [0.2, 0.25) is 0 Å². The van der Waals surface area contributed by atoms with Crippen LogP contribution in [0.5, 0.6) is 0 Å². The van der Waals surface area contributed by atoms with E-state index in [9.17, 15) is 9.59 Å². The Morgan fingerprint density at radius 3 is 2.61 bits per heavy atom. The molecule has 0 bridgehead atoms. The van der Waals surface area contributed by atoms with Gasteiger partial charge in [-0.25, -0.2) is 4.79 Å². The Bertz CT molecular complexity index is 527. The summed E-state index contributed by atoms with van der Waals surface area (Å²) in [5.41, 5.74) is 0.364. The molecule has 18 heavy (non-hydrogen) atoms. The van der Waals surface area contributed by atoms with Crippen LogP contribution in [-0.2, 0) is 11.8 Å². The number of aromatic nitrogens is 2. The molecule has 6 heteroatoms. The lowest BCUT2D eigenvalue weighted by molar-refractivity contribution is -0.111. The molecule has 0 unspecified atom stereocenters. The molecule has 1 rings (SSSR count). The zero-order chi connectivity index (χ0) is 13.7. The molecule has 0 aliphatic carbocycles. The Morgan fingerprint density at radius 2 is 2.06 bits per heavy atom. The van der Waals surface area contributed by atoms with Gasteiger partial charge in [0, 0.05) is 13.1 Å². The van der Waals surface area contributed by atoms with Crippen molar-refractivity contribution in [2.24, 2.45) is 7.05 Å². The number of carbonyl (C=O) groups is 2. The number of anilines is 1. The van der Waals surface area contributed by atoms with E-state index >= 15 is 0 Å². The minimum atomic E-state index is -1.12. The fourth-order valence-electron chi connectivity index (χ4n) is 1.47. The highest BCUT2D eigenvalue weighted by Crippen LogP contribution is 2.18. The summed E-state index contributed by atoms with van der Waals surface area (Å²) in [5, 5.41) is 15.5. The van der Waals surface area contributed by atoms with Gasteiger partial charge in [0.2, 0.25) is 5.91 Å². The van der Waals surface area contributed by atoms with Crippen molar-refractivity contribution in [1.29, 1.82) is 0 Å². The van der Waals surface area contributed by atoms with Gasteiger partial charge in [-0.15, -0.1) is 0 Å². The molecule has 1 aromatic heterocycles. The van der Waals surface area contributed by atoms with Crippen molar-refractivity contribution >= 4 is 17.7 Å². The molecule has 0 atom stereocenters. The van der Waals surface area contributed by atoms with Crippen LogP contribution in [0, 0.1) is 6.92 Å². The van der Waals surface area contributed by atoms with Gasteiger partial charge in [0.25, 0.3) is 0 Å². The second kappa shape index (κ2) is 5.81. The summed E-state index contributed by atoms with van der Waals surface area (Å²) in [6.07, 6.45) is 6.36. The highest BCUT2D eigenvalue weighted by molar-refractivity contribution is 6.04. The Kier molecular flexibility index (Phi) is 4.42. The van der Waals surface area contributed by atoms with Crippen LogP contribution in [0.4, 0.5) is 5.82 Å². The first-order chi connectivity index (χ1) is 8.47. The summed E-state index contributed by atoms with van der Waals surface area (Å²) in [6.45, 7) is 3.41. The predicted octanol–water partition coefficient (Wildman–Crippen LogP) is 1.50. The summed E-state index contributed by atoms with van der Waals surface area (Å²) in [7, 11) is 1.57. The van der Waals surface area contributed by atoms with E-state index < -0.39 is 11.9 Å². The van der Waals surface area contributed by atoms with Gasteiger partial charge in [0.1, 0.15) is 11.4 Å². The molecule has 6 nitrogen and oxygen atoms in total. The van der Waals surface area contributed by atoms with Crippen molar-refractivity contribution in [3.05, 3.63) is 35.6 Å². The molecular formula is C12H15N3O3. The minimum Gasteiger partial charge on any atom is -0.477 e. The van der Waals surface area contributed by atoms with Crippen LogP contribution in [0.25, 0.3) is 0 Å². The van der Waals surface area contributed by atoms with E-state index in [2.05, 4.69) is 10.4 Å². The zero-order valence-corrected chi connectivity index (χ0v) is 10.5. The predicted molar refractivity (Wildman–Crippen MR) is 67.5 cm³/mol. The SMILES string of the molecule is C/C=C/C=C/C(=O)Nc1c(C(=O)O)c(C)nn1C. The van der Waals surface area contributed by atoms with Crippen LogP contribution >= 0.6 is 0 Å². The highest BCUT2D eigenvalue weighted by atomic mass is 16.4. The second-order valence-electron chi connectivity index (χ2n) is 3.61. The van der Waals surface area contributed by atoms with Gasteiger partial charge in [0.05, 0.1) is 5.69 Å². The molecule has 96 valence electrons. The van der Waals surface area contributed by atoms with Crippen molar-refractivity contribution in [2.45, 2.75) is 13.8 Å². The van der Waals surface area contributed by atoms with E-state index in [1.807, 2.05) is 6.92 Å². The number of aromatic carboxylic acids is 1. The number of carbonyl (C=O) groups excluding carboxylic acids is 1. The second-order valence-corrected chi connectivity index (χ2v) is 3.61. The summed E-state index contributed by atoms with van der Waals surface area (Å²) in [5.74, 6) is -1.35. The number of carboxylic acids is 1. The molecule has 0 fully saturated rings. The van der Waals surface area contributed by atoms with Crippen molar-refractivity contribution < 1.29 is 14.7 Å². The Balaban J connectivity index is 2.97. The van der Waals surface area contributed by atoms with Gasteiger partial charge in [-0.3, -0.25) is 9.48 Å². The van der Waals surface area contributed by atoms with Crippen molar-refractivity contribution in [2.75, 3.05) is 5.32 Å². The van der Waals surface area contributed by atoms with Crippen LogP contribution in [0.1, 0.15) is 23.0 Å². The quantitative estimate of drug-likeness (QED) is 0.625. The number of allylic oxidation sites excluding steroid dienone is 3. The molecule has 1 amide bonds. The smallest absolute Gasteiger partial charge is 0.341 e. The highest BCUT2D eigenvalue weighted by Gasteiger charge is 2.20. The number of hydrogen-bond acceptors (Lipinski definition) is 3. The van der Waals surface area contributed by atoms with Crippen molar-refractivity contribution in [1.82, 2.24) is 9.78 Å². The first-order valence-electron chi connectivity index (χ1n) is 5.34. The largest absolute Gasteiger partial charge is 0.477 e. The number of nitrogens with one attached hydrogen (secondary N) is 1. The third-order valence-electron chi connectivity index (χ3n) is 2.23. The van der Waals surface area contributed by atoms with Crippen LogP contribution in [0.15, 0.2) is 24.3 Å². The molecule has 0 saturated heterocycles. The number of carboxylic acid groups (broad SMARTS) is 1. The Hall–Kier alpha value is -2.37. The molecule has 0 radical (unpaired) electrons. The summed E-state index contributed by atoms with van der Waals surface area (Å²) in [4.78, 5) is 22.6. The fourth-order valence-corrected chi connectivity index (χ4v) is 1.47. The maximum Gasteiger partial charge on any atom is 0.341 e. The van der Waals surface area contributed by atoms with Crippen molar-refractivity contribution in [3.63, 3.8) is 0 Å². The molecule has 2 N–H and O–H groups in total. The van der Waals surface area contributed by atoms with Crippen LogP contribution < -0.4 is 5.32 Å². The first-order valence-corrected chi connectivity index (χ1v) is 5.34. The van der Waals surface area contributed by atoms with Crippen LogP contribution in [-0.4, -0.2) is 26.8 Å². The lowest BCUT2D eigenvalue weighted by atomic mass is 10.2. The van der Waals surface area contributed by atoms with Gasteiger partial charge in [-0.05, 0) is 13.8 Å². The fraction of sp³-hybridized carbons (Fsp3) is 0.250. The number of rotatable bonds is 4. The average molecular weight is 249 g/mol. The lowest BCUT2D eigenvalue weighted by Gasteiger charge is -2.03. The van der Waals surface area contributed by atoms with E-state index in [1.54, 1.807) is 32.2 Å². The van der Waals surface area contributed by atoms with E-state index in [0.717, 1.165) is 0 Å². The maximum atomic E-state index is 11.6. The zero-order valence-electron chi connectivity index (χ0n) is 10.5. The average Bonchev–Trinajstić information content (AvgIpc) is 2.54. The Morgan fingerprint density at radius 1 is 1.39 bits per heavy atom. The number of hydrogen-bond donors (Lipinski definition) is 2. The molecule has 0 saturated carbocycles. The topological polar surface area (TPSA) is 84.2 Å². The summed E-state index contributed by atoms with van der Waals surface area (Å²) < 4.78 is 1.33. The third-order valence-corrected chi connectivity index (χ3v) is 2.23. The molecule has 0 aliphatic rings. The lowest BCUT2D eigenvalue weighted by Crippen LogP contribution is -2.14. The van der Waals surface area contributed by atoms with Gasteiger partial charge < -0.3 is 10.4 Å². The first kappa shape index (κ1) is 13.7. The minimum absolute atomic E-state index is 0.00489. The molecule has 0 spiro atoms. The number of aryl methyl sites for hydroxylation is 2. The monoisotopic (exact) mass is 249 g/mol. The molecular weight excluding hydrogens is 234 g/mol. The van der Waals surface area contributed by atoms with E-state index in [4.69, 9.17) is 5.11 Å². The number of amides is 1. The molecule has 0 aromatic carbocycles. The summed E-state index contributed by atoms with van der Waals surface area (Å²) in [6, 6.07) is 0. The van der Waals surface area contributed by atoms with Gasteiger partial charge in [-0.2, -0.15) is 5.10 Å². The molecule has 1 heterocycles. The molecule has 1 aromatic rings. The Labute approximate surface area is 105 Å². The third kappa shape index (κ3) is 3.07. The van der Waals surface area contributed by atoms with Crippen LogP contribution in [0.3, 0.4) is 0 Å². The van der Waals surface area contributed by atoms with E-state index in [0.29, 0.717) is 5.69 Å². The molecule has 0 aliphatic heterocycles. The van der Waals surface area contributed by atoms with Gasteiger partial charge in [0.15, 0.2) is 0 Å². The standard InChI is InChI=1S/C12H15N3O3/c1-4-5-6-7-9(16)13-11-10(12(17)18)8(2)14-15(11)3/h4-7H,1-3H3,(H,13,16)(H,17,18)/b5-4+,7-6+. The van der Waals surface area contributed by atoms with E-state index in [1.165, 1.54) is 10.8 Å². The normalized spacial score (nSPS) is 11.3. The van der Waals surface area contributed by atoms with E-state index in [-0.39, 0.29) is 11.4 Å². The van der Waals surface area contributed by atoms with Crippen molar-refractivity contribution in [3.8, 4) is 0 Å². The number of nitrogens with zero attached hydrogens (tertiary/aromatic N) is 2. The summed E-state index contributed by atoms with van der Waals surface area (Å²) >= 11 is 0.